The highest BCUT2D eigenvalue weighted by atomic mass is 32.2. The number of carbonyl (C=O) groups is 1. The Hall–Kier alpha value is -1.70. The van der Waals surface area contributed by atoms with Gasteiger partial charge in [-0.1, -0.05) is 0 Å². The fraction of sp³-hybridized carbons (Fsp3) is 0.455. The van der Waals surface area contributed by atoms with E-state index in [0.29, 0.717) is 13.0 Å². The van der Waals surface area contributed by atoms with Crippen LogP contribution in [-0.2, 0) is 9.84 Å². The Morgan fingerprint density at radius 3 is 2.84 bits per heavy atom. The number of nitrogens with one attached hydrogen (secondary N) is 1. The van der Waals surface area contributed by atoms with E-state index in [0.717, 1.165) is 12.3 Å². The first-order chi connectivity index (χ1) is 8.96. The van der Waals surface area contributed by atoms with Crippen molar-refractivity contribution in [3.8, 4) is 0 Å². The van der Waals surface area contributed by atoms with Crippen molar-refractivity contribution in [2.75, 3.05) is 29.9 Å². The van der Waals surface area contributed by atoms with Crippen LogP contribution in [0.5, 0.6) is 0 Å². The molecule has 19 heavy (non-hydrogen) atoms. The molecule has 1 fully saturated rings. The zero-order chi connectivity index (χ0) is 13.9. The minimum Gasteiger partial charge on any atom is -0.323 e. The van der Waals surface area contributed by atoms with E-state index in [1.165, 1.54) is 11.1 Å². The van der Waals surface area contributed by atoms with Gasteiger partial charge in [-0.15, -0.1) is 0 Å². The lowest BCUT2D eigenvalue weighted by Gasteiger charge is -2.20. The molecule has 1 aromatic rings. The van der Waals surface area contributed by atoms with Crippen LogP contribution in [0, 0.1) is 5.82 Å². The summed E-state index contributed by atoms with van der Waals surface area (Å²) in [5.74, 6) is -0.489. The Kier molecular flexibility index (Phi) is 3.98. The maximum atomic E-state index is 12.9. The molecule has 0 atom stereocenters. The van der Waals surface area contributed by atoms with Crippen molar-refractivity contribution >= 4 is 21.6 Å². The zero-order valence-electron chi connectivity index (χ0n) is 10.2. The van der Waals surface area contributed by atoms with Crippen LogP contribution in [-0.4, -0.2) is 48.9 Å². The molecule has 0 aromatic carbocycles. The van der Waals surface area contributed by atoms with E-state index in [4.69, 9.17) is 0 Å². The average Bonchev–Trinajstić information content (AvgIpc) is 2.50. The van der Waals surface area contributed by atoms with E-state index in [1.807, 2.05) is 0 Å². The highest BCUT2D eigenvalue weighted by Crippen LogP contribution is 2.10. The average molecular weight is 287 g/mol. The van der Waals surface area contributed by atoms with Gasteiger partial charge in [0.2, 0.25) is 0 Å². The summed E-state index contributed by atoms with van der Waals surface area (Å²) in [7, 11) is -3.06. The number of pyridine rings is 1. The lowest BCUT2D eigenvalue weighted by molar-refractivity contribution is 0.215. The molecule has 1 saturated heterocycles. The highest BCUT2D eigenvalue weighted by molar-refractivity contribution is 7.91. The van der Waals surface area contributed by atoms with Gasteiger partial charge >= 0.3 is 6.03 Å². The topological polar surface area (TPSA) is 79.4 Å². The molecule has 0 saturated carbocycles. The molecule has 1 aliphatic rings. The number of nitrogens with zero attached hydrogens (tertiary/aromatic N) is 2. The Morgan fingerprint density at radius 1 is 1.32 bits per heavy atom. The number of hydrogen-bond donors (Lipinski definition) is 1. The van der Waals surface area contributed by atoms with Gasteiger partial charge in [-0.05, 0) is 6.42 Å². The molecule has 0 unspecified atom stereocenters. The molecule has 0 radical (unpaired) electrons. The zero-order valence-corrected chi connectivity index (χ0v) is 11.0. The van der Waals surface area contributed by atoms with Crippen molar-refractivity contribution in [2.24, 2.45) is 0 Å². The summed E-state index contributed by atoms with van der Waals surface area (Å²) in [6.07, 6.45) is 2.78. The van der Waals surface area contributed by atoms with Crippen molar-refractivity contribution < 1.29 is 17.6 Å². The molecule has 1 N–H and O–H groups in total. The molecular weight excluding hydrogens is 273 g/mol. The van der Waals surface area contributed by atoms with Crippen LogP contribution in [0.15, 0.2) is 18.5 Å². The Labute approximate surface area is 110 Å². The third kappa shape index (κ3) is 3.88. The maximum absolute atomic E-state index is 12.9. The molecule has 2 heterocycles. The van der Waals surface area contributed by atoms with Crippen LogP contribution < -0.4 is 5.32 Å². The van der Waals surface area contributed by atoms with Crippen LogP contribution in [0.3, 0.4) is 0 Å². The smallest absolute Gasteiger partial charge is 0.321 e. The van der Waals surface area contributed by atoms with E-state index >= 15 is 0 Å². The molecule has 0 bridgehead atoms. The number of anilines is 1. The number of carbonyl (C=O) groups excluding carboxylic acids is 1. The Morgan fingerprint density at radius 2 is 2.11 bits per heavy atom. The van der Waals surface area contributed by atoms with E-state index in [9.17, 15) is 17.6 Å². The number of amides is 2. The standard InChI is InChI=1S/C11H14FN3O3S/c12-9-6-10(8-13-7-9)14-11(16)15-2-1-4-19(17,18)5-3-15/h6-8H,1-5H2,(H,14,16). The number of sulfone groups is 1. The quantitative estimate of drug-likeness (QED) is 0.831. The van der Waals surface area contributed by atoms with Crippen LogP contribution in [0.2, 0.25) is 0 Å². The molecule has 2 rings (SSSR count). The van der Waals surface area contributed by atoms with Crippen LogP contribution in [0.4, 0.5) is 14.9 Å². The number of hydrogen-bond acceptors (Lipinski definition) is 4. The third-order valence-corrected chi connectivity index (χ3v) is 4.51. The van der Waals surface area contributed by atoms with Crippen molar-refractivity contribution in [2.45, 2.75) is 6.42 Å². The van der Waals surface area contributed by atoms with Crippen LogP contribution in [0.1, 0.15) is 6.42 Å². The van der Waals surface area contributed by atoms with Gasteiger partial charge in [0.15, 0.2) is 9.84 Å². The van der Waals surface area contributed by atoms with Gasteiger partial charge in [-0.2, -0.15) is 0 Å². The second-order valence-electron chi connectivity index (χ2n) is 4.31. The fourth-order valence-electron chi connectivity index (χ4n) is 1.82. The van der Waals surface area contributed by atoms with Crippen molar-refractivity contribution in [1.82, 2.24) is 9.88 Å². The maximum Gasteiger partial charge on any atom is 0.321 e. The second kappa shape index (κ2) is 5.52. The molecule has 0 spiro atoms. The van der Waals surface area contributed by atoms with E-state index in [-0.39, 0.29) is 23.7 Å². The minimum absolute atomic E-state index is 0.0399. The lowest BCUT2D eigenvalue weighted by Crippen LogP contribution is -2.37. The molecule has 6 nitrogen and oxygen atoms in total. The van der Waals surface area contributed by atoms with E-state index in [1.54, 1.807) is 0 Å². The lowest BCUT2D eigenvalue weighted by atomic mass is 10.4. The van der Waals surface area contributed by atoms with Gasteiger partial charge in [0.1, 0.15) is 5.82 Å². The number of rotatable bonds is 1. The Bertz CT molecular complexity index is 576. The monoisotopic (exact) mass is 287 g/mol. The molecular formula is C11H14FN3O3S. The van der Waals surface area contributed by atoms with Crippen molar-refractivity contribution in [3.63, 3.8) is 0 Å². The predicted molar refractivity (Wildman–Crippen MR) is 68.1 cm³/mol. The molecule has 8 heteroatoms. The molecule has 1 aromatic heterocycles. The molecule has 2 amide bonds. The fourth-order valence-corrected chi connectivity index (χ4v) is 3.10. The summed E-state index contributed by atoms with van der Waals surface area (Å²) in [5.41, 5.74) is 0.247. The Balaban J connectivity index is 2.00. The van der Waals surface area contributed by atoms with E-state index in [2.05, 4.69) is 10.3 Å². The largest absolute Gasteiger partial charge is 0.323 e. The second-order valence-corrected chi connectivity index (χ2v) is 6.62. The third-order valence-electron chi connectivity index (χ3n) is 2.80. The normalized spacial score (nSPS) is 18.7. The molecule has 0 aliphatic carbocycles. The number of urea groups is 1. The van der Waals surface area contributed by atoms with Crippen molar-refractivity contribution in [3.05, 3.63) is 24.3 Å². The van der Waals surface area contributed by atoms with E-state index < -0.39 is 21.7 Å². The number of aromatic nitrogens is 1. The summed E-state index contributed by atoms with van der Waals surface area (Å²) in [5, 5.41) is 2.50. The summed E-state index contributed by atoms with van der Waals surface area (Å²) in [6, 6.07) is 0.712. The summed E-state index contributed by atoms with van der Waals surface area (Å²) < 4.78 is 35.8. The van der Waals surface area contributed by atoms with Crippen LogP contribution >= 0.6 is 0 Å². The molecule has 1 aliphatic heterocycles. The van der Waals surface area contributed by atoms with Gasteiger partial charge < -0.3 is 10.2 Å². The number of halogens is 1. The summed E-state index contributed by atoms with van der Waals surface area (Å²) in [4.78, 5) is 16.9. The SMILES string of the molecule is O=C(Nc1cncc(F)c1)N1CCCS(=O)(=O)CC1. The first kappa shape index (κ1) is 13.7. The first-order valence-corrected chi connectivity index (χ1v) is 7.65. The predicted octanol–water partition coefficient (Wildman–Crippen LogP) is 0.873. The summed E-state index contributed by atoms with van der Waals surface area (Å²) in [6.45, 7) is 0.519. The first-order valence-electron chi connectivity index (χ1n) is 5.83. The van der Waals surface area contributed by atoms with Gasteiger partial charge in [0.05, 0.1) is 29.6 Å². The molecule has 104 valence electrons. The van der Waals surface area contributed by atoms with Crippen molar-refractivity contribution in [1.29, 1.82) is 0 Å². The van der Waals surface area contributed by atoms with Gasteiger partial charge in [-0.25, -0.2) is 17.6 Å². The highest BCUT2D eigenvalue weighted by Gasteiger charge is 2.22. The summed E-state index contributed by atoms with van der Waals surface area (Å²) >= 11 is 0. The van der Waals surface area contributed by atoms with Gasteiger partial charge in [-0.3, -0.25) is 4.98 Å². The van der Waals surface area contributed by atoms with Gasteiger partial charge in [0, 0.05) is 19.2 Å². The van der Waals surface area contributed by atoms with Gasteiger partial charge in [0.25, 0.3) is 0 Å². The minimum atomic E-state index is -3.06. The van der Waals surface area contributed by atoms with Crippen LogP contribution in [0.25, 0.3) is 0 Å².